The van der Waals surface area contributed by atoms with E-state index >= 15 is 0 Å². The Hall–Kier alpha value is -1.62. The number of carbonyl (C=O) groups is 1. The molecule has 0 bridgehead atoms. The summed E-state index contributed by atoms with van der Waals surface area (Å²) in [6, 6.07) is 7.32. The Balaban J connectivity index is 2.46. The second-order valence-electron chi connectivity index (χ2n) is 3.82. The number of H-pyrrole nitrogens is 1. The van der Waals surface area contributed by atoms with E-state index < -0.39 is 0 Å². The monoisotopic (exact) mass is 294 g/mol. The molecule has 4 nitrogen and oxygen atoms in total. The predicted octanol–water partition coefficient (Wildman–Crippen LogP) is 1.71. The van der Waals surface area contributed by atoms with Gasteiger partial charge in [-0.15, -0.1) is 0 Å². The lowest BCUT2D eigenvalue weighted by atomic mass is 10.1. The van der Waals surface area contributed by atoms with Gasteiger partial charge in [-0.25, -0.2) is 0 Å². The maximum absolute atomic E-state index is 11.8. The average molecular weight is 295 g/mol. The van der Waals surface area contributed by atoms with E-state index in [1.54, 1.807) is 6.07 Å². The molecule has 0 radical (unpaired) electrons. The van der Waals surface area contributed by atoms with Crippen LogP contribution in [0.2, 0.25) is 0 Å². The summed E-state index contributed by atoms with van der Waals surface area (Å²) in [7, 11) is 0. The van der Waals surface area contributed by atoms with Crippen molar-refractivity contribution >= 4 is 32.6 Å². The Morgan fingerprint density at radius 3 is 2.82 bits per heavy atom. The quantitative estimate of drug-likeness (QED) is 0.904. The fourth-order valence-electron chi connectivity index (χ4n) is 1.69. The summed E-state index contributed by atoms with van der Waals surface area (Å²) < 4.78 is 0.913. The number of benzene rings is 1. The van der Waals surface area contributed by atoms with Gasteiger partial charge in [-0.2, -0.15) is 0 Å². The van der Waals surface area contributed by atoms with Crippen molar-refractivity contribution in [2.24, 2.45) is 5.73 Å². The third-order valence-electron chi connectivity index (χ3n) is 2.50. The lowest BCUT2D eigenvalue weighted by molar-refractivity contribution is -0.118. The highest BCUT2D eigenvalue weighted by Crippen LogP contribution is 2.17. The number of pyridine rings is 1. The van der Waals surface area contributed by atoms with Crippen LogP contribution < -0.4 is 11.3 Å². The Kier molecular flexibility index (Phi) is 3.28. The topological polar surface area (TPSA) is 76.0 Å². The van der Waals surface area contributed by atoms with Gasteiger partial charge in [0.1, 0.15) is 0 Å². The minimum absolute atomic E-state index is 0.144. The summed E-state index contributed by atoms with van der Waals surface area (Å²) >= 11 is 3.36. The molecule has 2 aromatic rings. The Morgan fingerprint density at radius 1 is 1.35 bits per heavy atom. The zero-order valence-corrected chi connectivity index (χ0v) is 10.6. The standard InChI is InChI=1S/C12H11BrN2O2/c13-8-1-3-10-7(5-8)6-9(15-12(10)17)2-4-11(14)16/h1,3,5-6H,2,4H2,(H2,14,16)(H,15,17). The van der Waals surface area contributed by atoms with Gasteiger partial charge in [0.25, 0.3) is 5.56 Å². The van der Waals surface area contributed by atoms with E-state index in [0.717, 1.165) is 15.6 Å². The highest BCUT2D eigenvalue weighted by molar-refractivity contribution is 9.10. The van der Waals surface area contributed by atoms with Gasteiger partial charge in [0.2, 0.25) is 5.91 Å². The Labute approximate surface area is 106 Å². The van der Waals surface area contributed by atoms with Crippen LogP contribution in [0.25, 0.3) is 10.8 Å². The number of nitrogens with one attached hydrogen (secondary N) is 1. The van der Waals surface area contributed by atoms with E-state index in [1.165, 1.54) is 0 Å². The number of primary amides is 1. The number of hydrogen-bond acceptors (Lipinski definition) is 2. The molecular formula is C12H11BrN2O2. The normalized spacial score (nSPS) is 10.6. The Morgan fingerprint density at radius 2 is 2.12 bits per heavy atom. The molecule has 0 aliphatic heterocycles. The van der Waals surface area contributed by atoms with Crippen molar-refractivity contribution in [2.45, 2.75) is 12.8 Å². The zero-order valence-electron chi connectivity index (χ0n) is 9.00. The number of halogens is 1. The van der Waals surface area contributed by atoms with E-state index in [2.05, 4.69) is 20.9 Å². The number of aromatic nitrogens is 1. The highest BCUT2D eigenvalue weighted by atomic mass is 79.9. The molecule has 0 aliphatic rings. The van der Waals surface area contributed by atoms with Gasteiger partial charge >= 0.3 is 0 Å². The van der Waals surface area contributed by atoms with Crippen LogP contribution in [0.5, 0.6) is 0 Å². The van der Waals surface area contributed by atoms with Crippen LogP contribution in [0.1, 0.15) is 12.1 Å². The molecule has 0 spiro atoms. The smallest absolute Gasteiger partial charge is 0.256 e. The number of rotatable bonds is 3. The van der Waals surface area contributed by atoms with Crippen molar-refractivity contribution in [2.75, 3.05) is 0 Å². The molecule has 0 saturated heterocycles. The van der Waals surface area contributed by atoms with Gasteiger partial charge in [0.15, 0.2) is 0 Å². The van der Waals surface area contributed by atoms with E-state index in [1.807, 2.05) is 18.2 Å². The maximum atomic E-state index is 11.8. The first-order chi connectivity index (χ1) is 8.06. The van der Waals surface area contributed by atoms with Crippen LogP contribution in [-0.2, 0) is 11.2 Å². The van der Waals surface area contributed by atoms with Crippen molar-refractivity contribution in [3.8, 4) is 0 Å². The van der Waals surface area contributed by atoms with Crippen molar-refractivity contribution in [3.05, 3.63) is 44.8 Å². The second kappa shape index (κ2) is 4.71. The summed E-state index contributed by atoms with van der Waals surface area (Å²) in [4.78, 5) is 25.2. The van der Waals surface area contributed by atoms with E-state index in [-0.39, 0.29) is 17.9 Å². The van der Waals surface area contributed by atoms with Crippen LogP contribution >= 0.6 is 15.9 Å². The minimum Gasteiger partial charge on any atom is -0.370 e. The number of aromatic amines is 1. The molecule has 1 aromatic heterocycles. The number of carbonyl (C=O) groups excluding carboxylic acids is 1. The molecule has 0 saturated carbocycles. The summed E-state index contributed by atoms with van der Waals surface area (Å²) in [5.41, 5.74) is 5.65. The molecular weight excluding hydrogens is 284 g/mol. The number of amides is 1. The van der Waals surface area contributed by atoms with E-state index in [4.69, 9.17) is 5.73 Å². The van der Waals surface area contributed by atoms with Gasteiger partial charge in [0.05, 0.1) is 0 Å². The molecule has 5 heteroatoms. The summed E-state index contributed by atoms with van der Waals surface area (Å²) in [6.45, 7) is 0. The first-order valence-electron chi connectivity index (χ1n) is 5.16. The fourth-order valence-corrected chi connectivity index (χ4v) is 2.07. The number of aryl methyl sites for hydroxylation is 1. The molecule has 3 N–H and O–H groups in total. The van der Waals surface area contributed by atoms with E-state index in [9.17, 15) is 9.59 Å². The van der Waals surface area contributed by atoms with Gasteiger partial charge in [-0.3, -0.25) is 9.59 Å². The first kappa shape index (κ1) is 11.9. The fraction of sp³-hybridized carbons (Fsp3) is 0.167. The molecule has 1 heterocycles. The van der Waals surface area contributed by atoms with Crippen molar-refractivity contribution < 1.29 is 4.79 Å². The average Bonchev–Trinajstić information content (AvgIpc) is 2.25. The highest BCUT2D eigenvalue weighted by Gasteiger charge is 2.04. The lowest BCUT2D eigenvalue weighted by Crippen LogP contribution is -2.14. The maximum Gasteiger partial charge on any atom is 0.256 e. The number of nitrogens with two attached hydrogens (primary N) is 1. The predicted molar refractivity (Wildman–Crippen MR) is 69.8 cm³/mol. The number of fused-ring (bicyclic) bond motifs is 1. The van der Waals surface area contributed by atoms with Crippen LogP contribution in [0.15, 0.2) is 33.5 Å². The zero-order chi connectivity index (χ0) is 12.4. The third kappa shape index (κ3) is 2.74. The van der Waals surface area contributed by atoms with Crippen molar-refractivity contribution in [1.29, 1.82) is 0 Å². The van der Waals surface area contributed by atoms with Gasteiger partial charge in [0, 0.05) is 22.0 Å². The van der Waals surface area contributed by atoms with Crippen molar-refractivity contribution in [1.82, 2.24) is 4.98 Å². The Bertz CT molecular complexity index is 634. The summed E-state index contributed by atoms with van der Waals surface area (Å²) in [5.74, 6) is -0.375. The number of hydrogen-bond donors (Lipinski definition) is 2. The van der Waals surface area contributed by atoms with Crippen LogP contribution in [0.3, 0.4) is 0 Å². The molecule has 0 atom stereocenters. The van der Waals surface area contributed by atoms with Crippen LogP contribution in [-0.4, -0.2) is 10.9 Å². The first-order valence-corrected chi connectivity index (χ1v) is 5.95. The van der Waals surface area contributed by atoms with Gasteiger partial charge in [-0.1, -0.05) is 15.9 Å². The van der Waals surface area contributed by atoms with Crippen LogP contribution in [0.4, 0.5) is 0 Å². The minimum atomic E-state index is -0.375. The molecule has 88 valence electrons. The molecule has 1 aromatic carbocycles. The SMILES string of the molecule is NC(=O)CCc1cc2cc(Br)ccc2c(=O)[nH]1. The summed E-state index contributed by atoms with van der Waals surface area (Å²) in [5, 5.41) is 1.48. The lowest BCUT2D eigenvalue weighted by Gasteiger charge is -2.03. The largest absolute Gasteiger partial charge is 0.370 e. The van der Waals surface area contributed by atoms with Crippen LogP contribution in [0, 0.1) is 0 Å². The second-order valence-corrected chi connectivity index (χ2v) is 4.74. The third-order valence-corrected chi connectivity index (χ3v) is 3.00. The summed E-state index contributed by atoms with van der Waals surface area (Å²) in [6.07, 6.45) is 0.683. The molecule has 2 rings (SSSR count). The van der Waals surface area contributed by atoms with E-state index in [0.29, 0.717) is 11.8 Å². The van der Waals surface area contributed by atoms with Gasteiger partial charge in [-0.05, 0) is 36.1 Å². The van der Waals surface area contributed by atoms with Gasteiger partial charge < -0.3 is 10.7 Å². The molecule has 0 fully saturated rings. The molecule has 0 aliphatic carbocycles. The molecule has 0 unspecified atom stereocenters. The molecule has 1 amide bonds. The van der Waals surface area contributed by atoms with Crippen molar-refractivity contribution in [3.63, 3.8) is 0 Å². The molecule has 17 heavy (non-hydrogen) atoms.